The molecule has 0 unspecified atom stereocenters. The highest BCUT2D eigenvalue weighted by Crippen LogP contribution is 2.59. The predicted molar refractivity (Wildman–Crippen MR) is 161 cm³/mol. The number of hydrogen-bond donors (Lipinski definition) is 0. The molecule has 1 aliphatic carbocycles. The molecular formula is C38H26O2. The van der Waals surface area contributed by atoms with Crippen LogP contribution in [0.1, 0.15) is 27.8 Å². The van der Waals surface area contributed by atoms with Crippen molar-refractivity contribution in [3.8, 4) is 45.3 Å². The monoisotopic (exact) mass is 514 g/mol. The minimum Gasteiger partial charge on any atom is -0.449 e. The van der Waals surface area contributed by atoms with E-state index in [1.54, 1.807) is 0 Å². The highest BCUT2D eigenvalue weighted by Gasteiger charge is 2.47. The van der Waals surface area contributed by atoms with Crippen molar-refractivity contribution in [2.24, 2.45) is 0 Å². The highest BCUT2D eigenvalue weighted by atomic mass is 16.6. The zero-order valence-corrected chi connectivity index (χ0v) is 22.1. The second-order valence-corrected chi connectivity index (χ2v) is 10.6. The van der Waals surface area contributed by atoms with Crippen LogP contribution in [0.4, 0.5) is 0 Å². The van der Waals surface area contributed by atoms with Gasteiger partial charge in [-0.15, -0.1) is 0 Å². The van der Waals surface area contributed by atoms with E-state index >= 15 is 0 Å². The Labute approximate surface area is 234 Å². The van der Waals surface area contributed by atoms with E-state index in [4.69, 9.17) is 9.47 Å². The predicted octanol–water partition coefficient (Wildman–Crippen LogP) is 9.92. The quantitative estimate of drug-likeness (QED) is 0.234. The molecule has 0 N–H and O–H groups in total. The maximum atomic E-state index is 6.63. The summed E-state index contributed by atoms with van der Waals surface area (Å²) < 4.78 is 13.1. The van der Waals surface area contributed by atoms with Crippen molar-refractivity contribution >= 4 is 0 Å². The molecular weight excluding hydrogens is 488 g/mol. The Hall–Kier alpha value is -5.08. The summed E-state index contributed by atoms with van der Waals surface area (Å²) in [4.78, 5) is 0. The van der Waals surface area contributed by atoms with Crippen LogP contribution in [0.2, 0.25) is 0 Å². The minimum atomic E-state index is -0.476. The van der Waals surface area contributed by atoms with Gasteiger partial charge in [0.2, 0.25) is 0 Å². The fourth-order valence-electron chi connectivity index (χ4n) is 6.52. The SMILES string of the molecule is Cc1cccc(-c2ccc3c(c2)Oc2cc4c(cc2O3)-c2ccccc2C4(c2ccccc2)c2ccccc2)c1. The Morgan fingerprint density at radius 3 is 1.80 bits per heavy atom. The van der Waals surface area contributed by atoms with E-state index in [1.807, 2.05) is 6.07 Å². The molecule has 0 radical (unpaired) electrons. The Balaban J connectivity index is 1.34. The highest BCUT2D eigenvalue weighted by molar-refractivity contribution is 5.88. The van der Waals surface area contributed by atoms with Gasteiger partial charge in [-0.05, 0) is 75.7 Å². The number of hydrogen-bond acceptors (Lipinski definition) is 2. The molecule has 2 nitrogen and oxygen atoms in total. The second-order valence-electron chi connectivity index (χ2n) is 10.6. The van der Waals surface area contributed by atoms with Crippen LogP contribution in [-0.4, -0.2) is 0 Å². The van der Waals surface area contributed by atoms with Crippen LogP contribution in [0.15, 0.2) is 140 Å². The van der Waals surface area contributed by atoms with Crippen LogP contribution < -0.4 is 9.47 Å². The van der Waals surface area contributed by atoms with Crippen molar-refractivity contribution in [1.29, 1.82) is 0 Å². The van der Waals surface area contributed by atoms with Crippen LogP contribution in [0, 0.1) is 6.92 Å². The third kappa shape index (κ3) is 3.29. The maximum Gasteiger partial charge on any atom is 0.170 e. The fraction of sp³-hybridized carbons (Fsp3) is 0.0526. The van der Waals surface area contributed by atoms with Gasteiger partial charge >= 0.3 is 0 Å². The topological polar surface area (TPSA) is 18.5 Å². The molecule has 8 rings (SSSR count). The first-order valence-electron chi connectivity index (χ1n) is 13.7. The Kier molecular flexibility index (Phi) is 4.99. The first kappa shape index (κ1) is 22.9. The number of rotatable bonds is 3. The molecule has 6 aromatic carbocycles. The van der Waals surface area contributed by atoms with E-state index in [9.17, 15) is 0 Å². The normalized spacial score (nSPS) is 13.7. The zero-order valence-electron chi connectivity index (χ0n) is 22.1. The van der Waals surface area contributed by atoms with Gasteiger partial charge in [-0.25, -0.2) is 0 Å². The zero-order chi connectivity index (χ0) is 26.7. The van der Waals surface area contributed by atoms with E-state index < -0.39 is 5.41 Å². The summed E-state index contributed by atoms with van der Waals surface area (Å²) in [5, 5.41) is 0. The lowest BCUT2D eigenvalue weighted by Crippen LogP contribution is -2.28. The van der Waals surface area contributed by atoms with Crippen LogP contribution in [-0.2, 0) is 5.41 Å². The molecule has 0 saturated carbocycles. The minimum absolute atomic E-state index is 0.476. The standard InChI is InChI=1S/C38H26O2/c1-25-11-10-12-26(21-25)27-19-20-34-35(22-27)40-37-24-33-31(23-36(37)39-34)30-17-8-9-18-32(30)38(33,28-13-4-2-5-14-28)29-15-6-3-7-16-29/h2-24H,1H3. The number of aryl methyl sites for hydroxylation is 1. The van der Waals surface area contributed by atoms with Crippen LogP contribution in [0.25, 0.3) is 22.3 Å². The summed E-state index contributed by atoms with van der Waals surface area (Å²) in [5.74, 6) is 2.93. The van der Waals surface area contributed by atoms with Crippen molar-refractivity contribution in [3.05, 3.63) is 167 Å². The average molecular weight is 515 g/mol. The molecule has 190 valence electrons. The van der Waals surface area contributed by atoms with Gasteiger partial charge in [0.1, 0.15) is 0 Å². The van der Waals surface area contributed by atoms with E-state index in [0.29, 0.717) is 0 Å². The maximum absolute atomic E-state index is 6.63. The third-order valence-corrected chi connectivity index (χ3v) is 8.26. The molecule has 40 heavy (non-hydrogen) atoms. The van der Waals surface area contributed by atoms with Gasteiger partial charge < -0.3 is 9.47 Å². The van der Waals surface area contributed by atoms with Crippen LogP contribution >= 0.6 is 0 Å². The Bertz CT molecular complexity index is 1860. The second kappa shape index (κ2) is 8.72. The number of ether oxygens (including phenoxy) is 2. The molecule has 1 heterocycles. The molecule has 0 atom stereocenters. The van der Waals surface area contributed by atoms with Crippen LogP contribution in [0.3, 0.4) is 0 Å². The first-order valence-corrected chi connectivity index (χ1v) is 13.7. The van der Waals surface area contributed by atoms with Crippen molar-refractivity contribution in [1.82, 2.24) is 0 Å². The molecule has 1 aliphatic heterocycles. The van der Waals surface area contributed by atoms with Gasteiger partial charge in [0, 0.05) is 0 Å². The van der Waals surface area contributed by atoms with Crippen molar-refractivity contribution < 1.29 is 9.47 Å². The molecule has 0 saturated heterocycles. The summed E-state index contributed by atoms with van der Waals surface area (Å²) in [5.41, 5.74) is 10.3. The molecule has 2 heteroatoms. The fourth-order valence-corrected chi connectivity index (χ4v) is 6.52. The Morgan fingerprint density at radius 2 is 1.05 bits per heavy atom. The largest absolute Gasteiger partial charge is 0.449 e. The molecule has 0 fully saturated rings. The average Bonchev–Trinajstić information content (AvgIpc) is 3.29. The van der Waals surface area contributed by atoms with Crippen molar-refractivity contribution in [3.63, 3.8) is 0 Å². The lowest BCUT2D eigenvalue weighted by atomic mass is 9.67. The molecule has 0 amide bonds. The smallest absolute Gasteiger partial charge is 0.170 e. The lowest BCUT2D eigenvalue weighted by Gasteiger charge is -2.34. The van der Waals surface area contributed by atoms with Gasteiger partial charge in [0.25, 0.3) is 0 Å². The van der Waals surface area contributed by atoms with E-state index in [-0.39, 0.29) is 0 Å². The van der Waals surface area contributed by atoms with Gasteiger partial charge in [-0.3, -0.25) is 0 Å². The summed E-state index contributed by atoms with van der Waals surface area (Å²) in [6.45, 7) is 2.11. The molecule has 2 aliphatic rings. The van der Waals surface area contributed by atoms with Gasteiger partial charge in [0.05, 0.1) is 5.41 Å². The van der Waals surface area contributed by atoms with Crippen LogP contribution in [0.5, 0.6) is 23.0 Å². The van der Waals surface area contributed by atoms with Gasteiger partial charge in [0.15, 0.2) is 23.0 Å². The molecule has 0 spiro atoms. The number of fused-ring (bicyclic) bond motifs is 5. The molecule has 0 aromatic heterocycles. The van der Waals surface area contributed by atoms with Crippen molar-refractivity contribution in [2.45, 2.75) is 12.3 Å². The third-order valence-electron chi connectivity index (χ3n) is 8.26. The number of benzene rings is 6. The molecule has 0 bridgehead atoms. The summed E-state index contributed by atoms with van der Waals surface area (Å²) in [7, 11) is 0. The summed E-state index contributed by atoms with van der Waals surface area (Å²) in [6.07, 6.45) is 0. The van der Waals surface area contributed by atoms with E-state index in [1.165, 1.54) is 38.9 Å². The van der Waals surface area contributed by atoms with E-state index in [0.717, 1.165) is 34.1 Å². The summed E-state index contributed by atoms with van der Waals surface area (Å²) >= 11 is 0. The summed E-state index contributed by atoms with van der Waals surface area (Å²) in [6, 6.07) is 49.4. The Morgan fingerprint density at radius 1 is 0.425 bits per heavy atom. The lowest BCUT2D eigenvalue weighted by molar-refractivity contribution is 0.359. The first-order chi connectivity index (χ1) is 19.7. The molecule has 6 aromatic rings. The van der Waals surface area contributed by atoms with E-state index in [2.05, 4.69) is 140 Å². The van der Waals surface area contributed by atoms with Crippen molar-refractivity contribution in [2.75, 3.05) is 0 Å². The van der Waals surface area contributed by atoms with Gasteiger partial charge in [-0.2, -0.15) is 0 Å². The van der Waals surface area contributed by atoms with Gasteiger partial charge in [-0.1, -0.05) is 121 Å².